The van der Waals surface area contributed by atoms with Crippen LogP contribution in [0.25, 0.3) is 0 Å². The SMILES string of the molecule is CC(=O)OC1C(O)[C@@H](CO)O[C@H]1Cc1ccccc1. The van der Waals surface area contributed by atoms with Crippen LogP contribution in [0.3, 0.4) is 0 Å². The van der Waals surface area contributed by atoms with Gasteiger partial charge >= 0.3 is 5.97 Å². The highest BCUT2D eigenvalue weighted by Crippen LogP contribution is 2.26. The van der Waals surface area contributed by atoms with Crippen molar-refractivity contribution < 1.29 is 24.5 Å². The molecule has 0 spiro atoms. The number of ether oxygens (including phenoxy) is 2. The Labute approximate surface area is 111 Å². The Balaban J connectivity index is 2.10. The number of aliphatic hydroxyl groups is 2. The number of benzene rings is 1. The molecule has 2 unspecified atom stereocenters. The smallest absolute Gasteiger partial charge is 0.303 e. The molecule has 104 valence electrons. The largest absolute Gasteiger partial charge is 0.457 e. The molecule has 2 N–H and O–H groups in total. The van der Waals surface area contributed by atoms with Gasteiger partial charge < -0.3 is 19.7 Å². The van der Waals surface area contributed by atoms with Crippen LogP contribution in [0.1, 0.15) is 12.5 Å². The first-order valence-electron chi connectivity index (χ1n) is 6.27. The van der Waals surface area contributed by atoms with E-state index in [9.17, 15) is 9.90 Å². The number of hydrogen-bond acceptors (Lipinski definition) is 5. The summed E-state index contributed by atoms with van der Waals surface area (Å²) in [5.41, 5.74) is 1.02. The summed E-state index contributed by atoms with van der Waals surface area (Å²) >= 11 is 0. The molecule has 0 saturated carbocycles. The maximum atomic E-state index is 11.1. The van der Waals surface area contributed by atoms with Gasteiger partial charge in [-0.1, -0.05) is 30.3 Å². The fourth-order valence-electron chi connectivity index (χ4n) is 2.31. The molecule has 1 saturated heterocycles. The molecule has 0 bridgehead atoms. The number of hydrogen-bond donors (Lipinski definition) is 2. The van der Waals surface area contributed by atoms with Gasteiger partial charge in [-0.2, -0.15) is 0 Å². The van der Waals surface area contributed by atoms with Gasteiger partial charge in [-0.25, -0.2) is 0 Å². The average molecular weight is 266 g/mol. The summed E-state index contributed by atoms with van der Waals surface area (Å²) in [4.78, 5) is 11.1. The lowest BCUT2D eigenvalue weighted by molar-refractivity contribution is -0.152. The topological polar surface area (TPSA) is 76.0 Å². The summed E-state index contributed by atoms with van der Waals surface area (Å²) in [6.45, 7) is 0.989. The molecule has 0 radical (unpaired) electrons. The number of carbonyl (C=O) groups is 1. The minimum atomic E-state index is -0.998. The van der Waals surface area contributed by atoms with Gasteiger partial charge in [0.2, 0.25) is 0 Å². The highest BCUT2D eigenvalue weighted by Gasteiger charge is 2.45. The van der Waals surface area contributed by atoms with Crippen molar-refractivity contribution in [2.45, 2.75) is 37.8 Å². The Morgan fingerprint density at radius 1 is 1.32 bits per heavy atom. The molecule has 1 heterocycles. The van der Waals surface area contributed by atoms with Gasteiger partial charge in [0.05, 0.1) is 6.61 Å². The summed E-state index contributed by atoms with van der Waals surface area (Å²) in [7, 11) is 0. The summed E-state index contributed by atoms with van der Waals surface area (Å²) in [5.74, 6) is -0.468. The number of rotatable bonds is 4. The first-order chi connectivity index (χ1) is 9.11. The zero-order valence-corrected chi connectivity index (χ0v) is 10.7. The van der Waals surface area contributed by atoms with Gasteiger partial charge in [0, 0.05) is 13.3 Å². The summed E-state index contributed by atoms with van der Waals surface area (Å²) in [6, 6.07) is 9.60. The first kappa shape index (κ1) is 14.0. The van der Waals surface area contributed by atoms with Gasteiger partial charge in [0.15, 0.2) is 6.10 Å². The third-order valence-corrected chi connectivity index (χ3v) is 3.20. The van der Waals surface area contributed by atoms with Crippen LogP contribution in [0.5, 0.6) is 0 Å². The monoisotopic (exact) mass is 266 g/mol. The van der Waals surface area contributed by atoms with Gasteiger partial charge in [0.1, 0.15) is 18.3 Å². The normalized spacial score (nSPS) is 30.3. The van der Waals surface area contributed by atoms with Crippen LogP contribution in [-0.4, -0.2) is 47.2 Å². The molecule has 19 heavy (non-hydrogen) atoms. The van der Waals surface area contributed by atoms with Crippen LogP contribution in [0.2, 0.25) is 0 Å². The lowest BCUT2D eigenvalue weighted by Gasteiger charge is -2.20. The van der Waals surface area contributed by atoms with Crippen molar-refractivity contribution in [1.29, 1.82) is 0 Å². The predicted octanol–water partition coefficient (Wildman–Crippen LogP) is 0.281. The van der Waals surface area contributed by atoms with E-state index in [2.05, 4.69) is 0 Å². The zero-order chi connectivity index (χ0) is 13.8. The molecule has 4 atom stereocenters. The molecule has 1 aromatic rings. The second-order valence-corrected chi connectivity index (χ2v) is 4.65. The van der Waals surface area contributed by atoms with Crippen LogP contribution in [-0.2, 0) is 20.7 Å². The highest BCUT2D eigenvalue weighted by atomic mass is 16.6. The van der Waals surface area contributed by atoms with Crippen molar-refractivity contribution in [2.24, 2.45) is 0 Å². The van der Waals surface area contributed by atoms with Crippen LogP contribution in [0, 0.1) is 0 Å². The first-order valence-corrected chi connectivity index (χ1v) is 6.27. The maximum absolute atomic E-state index is 11.1. The lowest BCUT2D eigenvalue weighted by Crippen LogP contribution is -2.38. The van der Waals surface area contributed by atoms with E-state index in [1.165, 1.54) is 6.92 Å². The van der Waals surface area contributed by atoms with Crippen molar-refractivity contribution in [3.05, 3.63) is 35.9 Å². The van der Waals surface area contributed by atoms with E-state index in [1.807, 2.05) is 30.3 Å². The lowest BCUT2D eigenvalue weighted by atomic mass is 10.0. The molecule has 1 aliphatic heterocycles. The Morgan fingerprint density at radius 2 is 2.00 bits per heavy atom. The van der Waals surface area contributed by atoms with Crippen LogP contribution >= 0.6 is 0 Å². The van der Waals surface area contributed by atoms with Gasteiger partial charge in [-0.05, 0) is 5.56 Å². The minimum absolute atomic E-state index is 0.301. The Hall–Kier alpha value is -1.43. The molecular formula is C14H18O5. The number of esters is 1. The van der Waals surface area contributed by atoms with Crippen molar-refractivity contribution in [3.63, 3.8) is 0 Å². The molecule has 0 amide bonds. The average Bonchev–Trinajstić information content (AvgIpc) is 2.68. The molecule has 1 fully saturated rings. The third kappa shape index (κ3) is 3.32. The zero-order valence-electron chi connectivity index (χ0n) is 10.7. The Morgan fingerprint density at radius 3 is 2.58 bits per heavy atom. The van der Waals surface area contributed by atoms with Gasteiger partial charge in [-0.15, -0.1) is 0 Å². The van der Waals surface area contributed by atoms with E-state index in [0.717, 1.165) is 5.56 Å². The van der Waals surface area contributed by atoms with Gasteiger partial charge in [-0.3, -0.25) is 4.79 Å². The van der Waals surface area contributed by atoms with Gasteiger partial charge in [0.25, 0.3) is 0 Å². The Kier molecular flexibility index (Phi) is 4.52. The second kappa shape index (κ2) is 6.14. The summed E-state index contributed by atoms with van der Waals surface area (Å²) < 4.78 is 10.7. The molecule has 2 rings (SSSR count). The van der Waals surface area contributed by atoms with Crippen molar-refractivity contribution in [1.82, 2.24) is 0 Å². The molecule has 0 aromatic heterocycles. The summed E-state index contributed by atoms with van der Waals surface area (Å²) in [6.07, 6.45) is -2.37. The van der Waals surface area contributed by atoms with Crippen molar-refractivity contribution >= 4 is 5.97 Å². The minimum Gasteiger partial charge on any atom is -0.457 e. The number of carbonyl (C=O) groups excluding carboxylic acids is 1. The van der Waals surface area contributed by atoms with E-state index in [0.29, 0.717) is 6.42 Å². The number of aliphatic hydroxyl groups excluding tert-OH is 2. The van der Waals surface area contributed by atoms with E-state index in [4.69, 9.17) is 14.6 Å². The van der Waals surface area contributed by atoms with E-state index in [-0.39, 0.29) is 6.61 Å². The van der Waals surface area contributed by atoms with Crippen LogP contribution in [0.4, 0.5) is 0 Å². The molecule has 0 aliphatic carbocycles. The Bertz CT molecular complexity index is 419. The quantitative estimate of drug-likeness (QED) is 0.766. The molecule has 1 aliphatic rings. The fourth-order valence-corrected chi connectivity index (χ4v) is 2.31. The van der Waals surface area contributed by atoms with E-state index in [1.54, 1.807) is 0 Å². The summed E-state index contributed by atoms with van der Waals surface area (Å²) in [5, 5.41) is 19.1. The highest BCUT2D eigenvalue weighted by molar-refractivity contribution is 5.66. The van der Waals surface area contributed by atoms with Crippen LogP contribution < -0.4 is 0 Å². The van der Waals surface area contributed by atoms with Crippen LogP contribution in [0.15, 0.2) is 30.3 Å². The standard InChI is InChI=1S/C14H18O5/c1-9(16)18-14-11(19-12(8-15)13(14)17)7-10-5-3-2-4-6-10/h2-6,11-15,17H,7-8H2,1H3/t11-,12+,13?,14?/m0/s1. The van der Waals surface area contributed by atoms with E-state index < -0.39 is 30.4 Å². The molecule has 5 heteroatoms. The fraction of sp³-hybridized carbons (Fsp3) is 0.500. The van der Waals surface area contributed by atoms with Crippen molar-refractivity contribution in [2.75, 3.05) is 6.61 Å². The molecule has 1 aromatic carbocycles. The third-order valence-electron chi connectivity index (χ3n) is 3.20. The second-order valence-electron chi connectivity index (χ2n) is 4.65. The van der Waals surface area contributed by atoms with Crippen molar-refractivity contribution in [3.8, 4) is 0 Å². The molecular weight excluding hydrogens is 248 g/mol. The molecule has 5 nitrogen and oxygen atoms in total. The predicted molar refractivity (Wildman–Crippen MR) is 67.5 cm³/mol. The van der Waals surface area contributed by atoms with E-state index >= 15 is 0 Å². The maximum Gasteiger partial charge on any atom is 0.303 e.